The topological polar surface area (TPSA) is 35.2 Å². The Hall–Kier alpha value is -2.24. The molecule has 0 aliphatic heterocycles. The van der Waals surface area contributed by atoms with Crippen LogP contribution < -0.4 is 10.5 Å². The predicted octanol–water partition coefficient (Wildman–Crippen LogP) is 3.50. The maximum absolute atomic E-state index is 5.99. The van der Waals surface area contributed by atoms with E-state index in [9.17, 15) is 0 Å². The molecule has 0 fully saturated rings. The van der Waals surface area contributed by atoms with E-state index >= 15 is 0 Å². The van der Waals surface area contributed by atoms with Gasteiger partial charge >= 0.3 is 0 Å². The second kappa shape index (κ2) is 6.97. The Morgan fingerprint density at radius 3 is 2.43 bits per heavy atom. The molecule has 2 heteroatoms. The number of hydrogen-bond donors (Lipinski definition) is 1. The van der Waals surface area contributed by atoms with Crippen LogP contribution in [-0.2, 0) is 6.61 Å². The SMILES string of the molecule is Cc1ccc(OCc2c(C)cccc2C)c(C#CCN)c1. The van der Waals surface area contributed by atoms with E-state index in [2.05, 4.69) is 43.9 Å². The molecule has 2 rings (SSSR count). The molecule has 21 heavy (non-hydrogen) atoms. The highest BCUT2D eigenvalue weighted by atomic mass is 16.5. The fourth-order valence-corrected chi connectivity index (χ4v) is 2.24. The van der Waals surface area contributed by atoms with Crippen molar-refractivity contribution in [3.05, 3.63) is 64.2 Å². The highest BCUT2D eigenvalue weighted by molar-refractivity contribution is 5.48. The van der Waals surface area contributed by atoms with Gasteiger partial charge in [-0.15, -0.1) is 0 Å². The van der Waals surface area contributed by atoms with E-state index in [4.69, 9.17) is 10.5 Å². The summed E-state index contributed by atoms with van der Waals surface area (Å²) in [6, 6.07) is 12.3. The molecule has 0 aliphatic carbocycles. The van der Waals surface area contributed by atoms with Crippen molar-refractivity contribution in [1.82, 2.24) is 0 Å². The van der Waals surface area contributed by atoms with Gasteiger partial charge < -0.3 is 10.5 Å². The lowest BCUT2D eigenvalue weighted by Gasteiger charge is -2.13. The molecular weight excluding hydrogens is 258 g/mol. The normalized spacial score (nSPS) is 9.90. The summed E-state index contributed by atoms with van der Waals surface area (Å²) in [5.41, 5.74) is 11.2. The summed E-state index contributed by atoms with van der Waals surface area (Å²) in [7, 11) is 0. The molecule has 2 nitrogen and oxygen atoms in total. The maximum atomic E-state index is 5.99. The molecule has 2 N–H and O–H groups in total. The average Bonchev–Trinajstić information content (AvgIpc) is 2.46. The van der Waals surface area contributed by atoms with Crippen LogP contribution in [0.15, 0.2) is 36.4 Å². The van der Waals surface area contributed by atoms with E-state index in [1.807, 2.05) is 25.1 Å². The molecule has 0 aromatic heterocycles. The van der Waals surface area contributed by atoms with E-state index in [1.165, 1.54) is 16.7 Å². The Morgan fingerprint density at radius 2 is 1.76 bits per heavy atom. The van der Waals surface area contributed by atoms with Crippen LogP contribution in [0.4, 0.5) is 0 Å². The Morgan fingerprint density at radius 1 is 1.05 bits per heavy atom. The molecular formula is C19H21NO. The predicted molar refractivity (Wildman–Crippen MR) is 87.4 cm³/mol. The standard InChI is InChI=1S/C19H21NO/c1-14-9-10-19(17(12-14)8-5-11-20)21-13-18-15(2)6-4-7-16(18)3/h4,6-7,9-10,12H,11,13,20H2,1-3H3. The minimum absolute atomic E-state index is 0.351. The fraction of sp³-hybridized carbons (Fsp3) is 0.263. The molecule has 0 bridgehead atoms. The average molecular weight is 279 g/mol. The highest BCUT2D eigenvalue weighted by Gasteiger charge is 2.06. The van der Waals surface area contributed by atoms with Crippen molar-refractivity contribution in [3.63, 3.8) is 0 Å². The monoisotopic (exact) mass is 279 g/mol. The van der Waals surface area contributed by atoms with Gasteiger partial charge in [0.05, 0.1) is 12.1 Å². The van der Waals surface area contributed by atoms with Gasteiger partial charge in [0.25, 0.3) is 0 Å². The van der Waals surface area contributed by atoms with Crippen LogP contribution in [0.2, 0.25) is 0 Å². The van der Waals surface area contributed by atoms with Crippen molar-refractivity contribution in [3.8, 4) is 17.6 Å². The molecule has 0 aliphatic rings. The minimum Gasteiger partial charge on any atom is -0.488 e. The summed E-state index contributed by atoms with van der Waals surface area (Å²) in [6.07, 6.45) is 0. The number of hydrogen-bond acceptors (Lipinski definition) is 2. The van der Waals surface area contributed by atoms with E-state index < -0.39 is 0 Å². The van der Waals surface area contributed by atoms with Gasteiger partial charge in [-0.3, -0.25) is 0 Å². The lowest BCUT2D eigenvalue weighted by Crippen LogP contribution is -2.02. The van der Waals surface area contributed by atoms with Crippen molar-refractivity contribution >= 4 is 0 Å². The molecule has 0 amide bonds. The third kappa shape index (κ3) is 3.87. The summed E-state index contributed by atoms with van der Waals surface area (Å²) < 4.78 is 5.99. The van der Waals surface area contributed by atoms with Gasteiger partial charge in [0.2, 0.25) is 0 Å². The largest absolute Gasteiger partial charge is 0.488 e. The van der Waals surface area contributed by atoms with E-state index in [0.29, 0.717) is 13.2 Å². The Balaban J connectivity index is 2.24. The van der Waals surface area contributed by atoms with Gasteiger partial charge in [0, 0.05) is 0 Å². The van der Waals surface area contributed by atoms with Crippen molar-refractivity contribution in [2.45, 2.75) is 27.4 Å². The maximum Gasteiger partial charge on any atom is 0.135 e. The number of aryl methyl sites for hydroxylation is 3. The zero-order valence-electron chi connectivity index (χ0n) is 12.9. The van der Waals surface area contributed by atoms with Crippen LogP contribution in [0.25, 0.3) is 0 Å². The zero-order valence-corrected chi connectivity index (χ0v) is 12.9. The summed E-state index contributed by atoms with van der Waals surface area (Å²) in [4.78, 5) is 0. The van der Waals surface area contributed by atoms with Crippen LogP contribution in [-0.4, -0.2) is 6.54 Å². The fourth-order valence-electron chi connectivity index (χ4n) is 2.24. The lowest BCUT2D eigenvalue weighted by atomic mass is 10.0. The van der Waals surface area contributed by atoms with E-state index in [-0.39, 0.29) is 0 Å². The molecule has 0 radical (unpaired) electrons. The van der Waals surface area contributed by atoms with E-state index in [1.54, 1.807) is 0 Å². The number of nitrogens with two attached hydrogens (primary N) is 1. The Labute approximate surface area is 126 Å². The number of rotatable bonds is 3. The van der Waals surface area contributed by atoms with Crippen LogP contribution in [0.3, 0.4) is 0 Å². The molecule has 0 atom stereocenters. The first-order valence-electron chi connectivity index (χ1n) is 7.09. The van der Waals surface area contributed by atoms with Crippen LogP contribution in [0.5, 0.6) is 5.75 Å². The summed E-state index contributed by atoms with van der Waals surface area (Å²) >= 11 is 0. The van der Waals surface area contributed by atoms with Gasteiger partial charge in [0.1, 0.15) is 12.4 Å². The summed E-state index contributed by atoms with van der Waals surface area (Å²) in [5, 5.41) is 0. The Kier molecular flexibility index (Phi) is 5.03. The van der Waals surface area contributed by atoms with Gasteiger partial charge in [-0.25, -0.2) is 0 Å². The van der Waals surface area contributed by atoms with Crippen molar-refractivity contribution in [2.24, 2.45) is 5.73 Å². The van der Waals surface area contributed by atoms with Crippen molar-refractivity contribution < 1.29 is 4.74 Å². The third-order valence-electron chi connectivity index (χ3n) is 3.48. The summed E-state index contributed by atoms with van der Waals surface area (Å²) in [6.45, 7) is 7.16. The molecule has 0 saturated carbocycles. The molecule has 0 spiro atoms. The first-order valence-corrected chi connectivity index (χ1v) is 7.09. The lowest BCUT2D eigenvalue weighted by molar-refractivity contribution is 0.303. The van der Waals surface area contributed by atoms with Crippen molar-refractivity contribution in [2.75, 3.05) is 6.54 Å². The van der Waals surface area contributed by atoms with Gasteiger partial charge in [-0.05, 0) is 55.2 Å². The number of benzene rings is 2. The first kappa shape index (κ1) is 15.2. The van der Waals surface area contributed by atoms with Gasteiger partial charge in [0.15, 0.2) is 0 Å². The smallest absolute Gasteiger partial charge is 0.135 e. The Bertz CT molecular complexity index is 672. The minimum atomic E-state index is 0.351. The molecule has 0 heterocycles. The molecule has 0 saturated heterocycles. The van der Waals surface area contributed by atoms with Crippen LogP contribution in [0.1, 0.15) is 27.8 Å². The zero-order chi connectivity index (χ0) is 15.2. The molecule has 0 unspecified atom stereocenters. The van der Waals surface area contributed by atoms with Gasteiger partial charge in [-0.2, -0.15) is 0 Å². The molecule has 108 valence electrons. The second-order valence-corrected chi connectivity index (χ2v) is 5.16. The summed E-state index contributed by atoms with van der Waals surface area (Å²) in [5.74, 6) is 6.78. The molecule has 2 aromatic carbocycles. The molecule has 2 aromatic rings. The van der Waals surface area contributed by atoms with Crippen molar-refractivity contribution in [1.29, 1.82) is 0 Å². The number of ether oxygens (including phenoxy) is 1. The van der Waals surface area contributed by atoms with E-state index in [0.717, 1.165) is 16.9 Å². The van der Waals surface area contributed by atoms with Gasteiger partial charge in [-0.1, -0.05) is 36.1 Å². The van der Waals surface area contributed by atoms with Crippen LogP contribution >= 0.6 is 0 Å². The third-order valence-corrected chi connectivity index (χ3v) is 3.48. The van der Waals surface area contributed by atoms with Crippen LogP contribution in [0, 0.1) is 32.6 Å². The second-order valence-electron chi connectivity index (χ2n) is 5.16. The quantitative estimate of drug-likeness (QED) is 0.873. The highest BCUT2D eigenvalue weighted by Crippen LogP contribution is 2.22. The first-order chi connectivity index (χ1) is 10.1.